The summed E-state index contributed by atoms with van der Waals surface area (Å²) in [4.78, 5) is 40.4. The lowest BCUT2D eigenvalue weighted by Gasteiger charge is -2.72. The second-order valence-corrected chi connectivity index (χ2v) is 26.4. The van der Waals surface area contributed by atoms with Crippen molar-refractivity contribution in [3.63, 3.8) is 0 Å². The van der Waals surface area contributed by atoms with Gasteiger partial charge < -0.3 is 93.7 Å². The molecule has 8 rings (SSSR count). The molecule has 0 aromatic heterocycles. The van der Waals surface area contributed by atoms with Crippen LogP contribution in [-0.2, 0) is 57.0 Å². The highest BCUT2D eigenvalue weighted by atomic mass is 16.8. The van der Waals surface area contributed by atoms with Gasteiger partial charge in [-0.05, 0) is 105 Å². The van der Waals surface area contributed by atoms with Crippen LogP contribution in [0.3, 0.4) is 0 Å². The zero-order chi connectivity index (χ0) is 59.0. The Bertz CT molecular complexity index is 2290. The molecule has 0 aromatic rings. The van der Waals surface area contributed by atoms with E-state index in [0.29, 0.717) is 56.9 Å². The number of rotatable bonds is 16. The first kappa shape index (κ1) is 63.3. The number of aliphatic hydroxyl groups is 10. The molecule has 8 aliphatic rings. The third-order valence-electron chi connectivity index (χ3n) is 21.3. The number of ether oxygens (including phenoxy) is 9. The van der Waals surface area contributed by atoms with Crippen molar-refractivity contribution in [2.45, 2.75) is 244 Å². The lowest BCUT2D eigenvalue weighted by Crippen LogP contribution is -2.72. The van der Waals surface area contributed by atoms with E-state index in [4.69, 9.17) is 42.6 Å². The SMILES string of the molecule is C/C=C(/C)C(=O)O[C@H]1[C@H](OC(C)=O)C(C)(C)CC2C3=CCC4[C@@]5(C)CC[C@H](O[C@@H]6OC(C(=O)OCCCC)[C@@H](O)C(O[C@@H]7O[C@@H](CO)C(O)[C@@H]7O)[C@@H]6O[C@@H]6OC(CO)[C@H](O)C(O)[C@@H]6O)C(C)(C)C5CC[C@@]4(C)[C@]3(C)C[C@@H](O)[C@]21CO. The average molecular weight is 1140 g/mol. The molecular weight excluding hydrogens is 1050 g/mol. The maximum absolute atomic E-state index is 13.9. The van der Waals surface area contributed by atoms with Crippen LogP contribution in [0.2, 0.25) is 0 Å². The number of carbonyl (C=O) groups is 3. The molecule has 3 saturated heterocycles. The van der Waals surface area contributed by atoms with Crippen LogP contribution >= 0.6 is 0 Å². The summed E-state index contributed by atoms with van der Waals surface area (Å²) in [6.45, 7) is 19.5. The van der Waals surface area contributed by atoms with Crippen molar-refractivity contribution >= 4 is 17.9 Å². The smallest absolute Gasteiger partial charge is 0.338 e. The van der Waals surface area contributed by atoms with Crippen LogP contribution in [0, 0.1) is 50.2 Å². The number of hydrogen-bond acceptors (Lipinski definition) is 22. The Hall–Kier alpha value is -2.75. The molecule has 0 spiro atoms. The van der Waals surface area contributed by atoms with Crippen LogP contribution < -0.4 is 0 Å². The first-order valence-corrected chi connectivity index (χ1v) is 28.9. The summed E-state index contributed by atoms with van der Waals surface area (Å²) in [6.07, 6.45) is -19.4. The Morgan fingerprint density at radius 1 is 0.700 bits per heavy atom. The van der Waals surface area contributed by atoms with Gasteiger partial charge in [-0.2, -0.15) is 0 Å². The molecule has 25 atom stereocenters. The summed E-state index contributed by atoms with van der Waals surface area (Å²) >= 11 is 0. The Balaban J connectivity index is 1.14. The Morgan fingerprint density at radius 2 is 1.31 bits per heavy atom. The van der Waals surface area contributed by atoms with Gasteiger partial charge in [0.15, 0.2) is 31.1 Å². The zero-order valence-electron chi connectivity index (χ0n) is 48.3. The van der Waals surface area contributed by atoms with Gasteiger partial charge in [0.2, 0.25) is 0 Å². The number of fused-ring (bicyclic) bond motifs is 7. The van der Waals surface area contributed by atoms with Gasteiger partial charge in [0.05, 0.1) is 44.1 Å². The number of unbranched alkanes of at least 4 members (excludes halogenated alkanes) is 1. The lowest BCUT2D eigenvalue weighted by molar-refractivity contribution is -0.386. The van der Waals surface area contributed by atoms with E-state index in [0.717, 1.165) is 5.57 Å². The minimum atomic E-state index is -1.97. The highest BCUT2D eigenvalue weighted by molar-refractivity contribution is 5.88. The van der Waals surface area contributed by atoms with E-state index in [-0.39, 0.29) is 30.3 Å². The van der Waals surface area contributed by atoms with E-state index in [1.807, 2.05) is 20.8 Å². The molecular formula is C58H92O22. The summed E-state index contributed by atoms with van der Waals surface area (Å²) < 4.78 is 55.4. The highest BCUT2D eigenvalue weighted by Gasteiger charge is 2.74. The third-order valence-corrected chi connectivity index (χ3v) is 21.3. The summed E-state index contributed by atoms with van der Waals surface area (Å²) in [5.74, 6) is -2.63. The third kappa shape index (κ3) is 10.4. The number of aliphatic hydroxyl groups excluding tert-OH is 10. The predicted octanol–water partition coefficient (Wildman–Crippen LogP) is 1.60. The van der Waals surface area contributed by atoms with Crippen LogP contribution in [0.25, 0.3) is 0 Å². The number of esters is 3. The monoisotopic (exact) mass is 1140 g/mol. The van der Waals surface area contributed by atoms with Gasteiger partial charge in [0.25, 0.3) is 0 Å². The molecule has 7 fully saturated rings. The van der Waals surface area contributed by atoms with Gasteiger partial charge in [-0.15, -0.1) is 0 Å². The van der Waals surface area contributed by atoms with E-state index >= 15 is 0 Å². The van der Waals surface area contributed by atoms with Crippen LogP contribution in [0.15, 0.2) is 23.3 Å². The molecule has 5 aliphatic carbocycles. The number of carbonyl (C=O) groups excluding carboxylic acids is 3. The normalized spacial score (nSPS) is 47.8. The van der Waals surface area contributed by atoms with Crippen molar-refractivity contribution in [1.82, 2.24) is 0 Å². The summed E-state index contributed by atoms with van der Waals surface area (Å²) in [7, 11) is 0. The van der Waals surface area contributed by atoms with Gasteiger partial charge in [0.1, 0.15) is 67.1 Å². The Morgan fingerprint density at radius 3 is 1.90 bits per heavy atom. The molecule has 0 aromatic carbocycles. The molecule has 0 radical (unpaired) electrons. The number of hydrogen-bond donors (Lipinski definition) is 10. The fourth-order valence-corrected chi connectivity index (χ4v) is 16.4. The maximum Gasteiger partial charge on any atom is 0.338 e. The largest absolute Gasteiger partial charge is 0.464 e. The van der Waals surface area contributed by atoms with Gasteiger partial charge in [-0.3, -0.25) is 4.79 Å². The minimum Gasteiger partial charge on any atom is -0.464 e. The quantitative estimate of drug-likeness (QED) is 0.0262. The molecule has 0 amide bonds. The van der Waals surface area contributed by atoms with E-state index in [1.54, 1.807) is 19.9 Å². The topological polar surface area (TPSA) is 337 Å². The maximum atomic E-state index is 13.9. The molecule has 22 nitrogen and oxygen atoms in total. The summed E-state index contributed by atoms with van der Waals surface area (Å²) in [5, 5.41) is 111. The van der Waals surface area contributed by atoms with E-state index in [2.05, 4.69) is 40.7 Å². The van der Waals surface area contributed by atoms with E-state index in [9.17, 15) is 65.4 Å². The summed E-state index contributed by atoms with van der Waals surface area (Å²) in [5.41, 5.74) is -2.83. The van der Waals surface area contributed by atoms with Crippen molar-refractivity contribution < 1.29 is 108 Å². The van der Waals surface area contributed by atoms with Crippen LogP contribution in [0.1, 0.15) is 134 Å². The Kier molecular flexibility index (Phi) is 18.7. The second kappa shape index (κ2) is 23.6. The Labute approximate surface area is 469 Å². The molecule has 0 bridgehead atoms. The molecule has 456 valence electrons. The summed E-state index contributed by atoms with van der Waals surface area (Å²) in [6, 6.07) is 0. The van der Waals surface area contributed by atoms with Crippen molar-refractivity contribution in [2.24, 2.45) is 50.2 Å². The highest BCUT2D eigenvalue weighted by Crippen LogP contribution is 2.76. The molecule has 4 saturated carbocycles. The van der Waals surface area contributed by atoms with Crippen LogP contribution in [-0.4, -0.2) is 206 Å². The second-order valence-electron chi connectivity index (χ2n) is 26.4. The lowest BCUT2D eigenvalue weighted by atomic mass is 9.33. The minimum absolute atomic E-state index is 0.0205. The van der Waals surface area contributed by atoms with E-state index < -0.39 is 181 Å². The van der Waals surface area contributed by atoms with Crippen LogP contribution in [0.4, 0.5) is 0 Å². The molecule has 10 N–H and O–H groups in total. The molecule has 3 aliphatic heterocycles. The standard InChI is InChI=1S/C58H92O22/c1-12-14-21-72-49(71)44-42(69)43(77-50-40(67)38(65)32(25-60)75-50)45(79-51-41(68)39(66)37(64)31(24-59)74-51)52(78-44)76-36-18-19-55(9)33(54(36,7)8)17-20-56(10)34(55)16-15-29-30-22-53(5,6)46(73-28(4)62)47(80-48(70)27(3)13-2)58(30,26-61)35(63)23-57(29,56)11/h13,15,30-47,50-52,59-61,63-69H,12,14,16-26H2,1-11H3/b27-13-/t30?,31?,32-,33?,34?,35+,36-,37-,38?,39?,40-,41-,42-,43?,44?,45-,46-,47-,50-,51-,52+,55-,56+,57+,58-/m0/s1. The first-order chi connectivity index (χ1) is 37.5. The van der Waals surface area contributed by atoms with E-state index in [1.165, 1.54) is 6.92 Å². The molecule has 8 unspecified atom stereocenters. The van der Waals surface area contributed by atoms with Gasteiger partial charge in [-0.1, -0.05) is 79.5 Å². The van der Waals surface area contributed by atoms with Gasteiger partial charge in [0, 0.05) is 17.9 Å². The van der Waals surface area contributed by atoms with Gasteiger partial charge in [-0.25, -0.2) is 9.59 Å². The van der Waals surface area contributed by atoms with Crippen molar-refractivity contribution in [3.8, 4) is 0 Å². The number of allylic oxidation sites excluding steroid dienone is 3. The average Bonchev–Trinajstić information content (AvgIpc) is 3.81. The zero-order valence-corrected chi connectivity index (χ0v) is 48.3. The fourth-order valence-electron chi connectivity index (χ4n) is 16.4. The van der Waals surface area contributed by atoms with Crippen LogP contribution in [0.5, 0.6) is 0 Å². The molecule has 22 heteroatoms. The van der Waals surface area contributed by atoms with Crippen molar-refractivity contribution in [3.05, 3.63) is 23.3 Å². The van der Waals surface area contributed by atoms with Gasteiger partial charge >= 0.3 is 17.9 Å². The molecule has 80 heavy (non-hydrogen) atoms. The predicted molar refractivity (Wildman–Crippen MR) is 280 cm³/mol. The molecule has 3 heterocycles. The fraction of sp³-hybridized carbons (Fsp3) is 0.879. The van der Waals surface area contributed by atoms with Crippen molar-refractivity contribution in [1.29, 1.82) is 0 Å². The first-order valence-electron chi connectivity index (χ1n) is 28.9. The van der Waals surface area contributed by atoms with Crippen molar-refractivity contribution in [2.75, 3.05) is 26.4 Å².